The summed E-state index contributed by atoms with van der Waals surface area (Å²) in [6.45, 7) is 6.27. The van der Waals surface area contributed by atoms with Gasteiger partial charge in [-0.15, -0.1) is 0 Å². The second-order valence-electron chi connectivity index (χ2n) is 6.57. The van der Waals surface area contributed by atoms with Crippen LogP contribution in [-0.2, 0) is 4.79 Å². The lowest BCUT2D eigenvalue weighted by atomic mass is 10.1. The van der Waals surface area contributed by atoms with E-state index in [4.69, 9.17) is 0 Å². The van der Waals surface area contributed by atoms with Crippen LogP contribution in [0.3, 0.4) is 0 Å². The first-order chi connectivity index (χ1) is 11.1. The molecule has 0 radical (unpaired) electrons. The Labute approximate surface area is 136 Å². The SMILES string of the molecule is Cc1ccc(N2C=C3C(=O)NC(N4CCCC4)NC3N2)cc1C. The van der Waals surface area contributed by atoms with E-state index in [9.17, 15) is 4.79 Å². The van der Waals surface area contributed by atoms with E-state index < -0.39 is 0 Å². The highest BCUT2D eigenvalue weighted by molar-refractivity contribution is 5.96. The van der Waals surface area contributed by atoms with Crippen LogP contribution in [0, 0.1) is 13.8 Å². The number of carbonyl (C=O) groups is 1. The number of nitrogens with zero attached hydrogens (tertiary/aromatic N) is 2. The minimum absolute atomic E-state index is 0.00415. The third-order valence-corrected chi connectivity index (χ3v) is 4.98. The van der Waals surface area contributed by atoms with Gasteiger partial charge in [-0.25, -0.2) is 5.43 Å². The molecule has 3 heterocycles. The summed E-state index contributed by atoms with van der Waals surface area (Å²) in [5.41, 5.74) is 7.67. The summed E-state index contributed by atoms with van der Waals surface area (Å²) < 4.78 is 0. The number of carbonyl (C=O) groups excluding carboxylic acids is 1. The van der Waals surface area contributed by atoms with Crippen LogP contribution in [-0.4, -0.2) is 36.4 Å². The van der Waals surface area contributed by atoms with Crippen LogP contribution in [0.1, 0.15) is 24.0 Å². The topological polar surface area (TPSA) is 59.6 Å². The van der Waals surface area contributed by atoms with E-state index in [2.05, 4.69) is 53.0 Å². The van der Waals surface area contributed by atoms with Gasteiger partial charge in [0.1, 0.15) is 12.5 Å². The van der Waals surface area contributed by atoms with Crippen molar-refractivity contribution < 1.29 is 4.79 Å². The maximum Gasteiger partial charge on any atom is 0.254 e. The molecule has 23 heavy (non-hydrogen) atoms. The number of nitrogens with one attached hydrogen (secondary N) is 3. The summed E-state index contributed by atoms with van der Waals surface area (Å²) in [4.78, 5) is 14.7. The number of likely N-dealkylation sites (tertiary alicyclic amines) is 1. The highest BCUT2D eigenvalue weighted by Gasteiger charge is 2.38. The summed E-state index contributed by atoms with van der Waals surface area (Å²) in [6.07, 6.45) is 4.06. The monoisotopic (exact) mass is 313 g/mol. The van der Waals surface area contributed by atoms with Crippen molar-refractivity contribution in [2.45, 2.75) is 39.1 Å². The molecular weight excluding hydrogens is 290 g/mol. The molecule has 0 aliphatic carbocycles. The molecule has 3 aliphatic rings. The lowest BCUT2D eigenvalue weighted by molar-refractivity contribution is -0.121. The largest absolute Gasteiger partial charge is 0.324 e. The van der Waals surface area contributed by atoms with Gasteiger partial charge >= 0.3 is 0 Å². The molecule has 0 saturated carbocycles. The Kier molecular flexibility index (Phi) is 3.60. The Morgan fingerprint density at radius 2 is 1.91 bits per heavy atom. The Morgan fingerprint density at radius 1 is 1.13 bits per heavy atom. The van der Waals surface area contributed by atoms with Gasteiger partial charge in [0.2, 0.25) is 0 Å². The van der Waals surface area contributed by atoms with Gasteiger partial charge in [0, 0.05) is 19.3 Å². The van der Waals surface area contributed by atoms with Gasteiger partial charge < -0.3 is 5.32 Å². The van der Waals surface area contributed by atoms with Gasteiger partial charge in [0.25, 0.3) is 5.91 Å². The second kappa shape index (κ2) is 5.63. The van der Waals surface area contributed by atoms with E-state index in [1.165, 1.54) is 24.0 Å². The molecule has 0 aromatic heterocycles. The molecular formula is C17H23N5O. The van der Waals surface area contributed by atoms with Gasteiger partial charge in [-0.05, 0) is 49.9 Å². The molecule has 2 atom stereocenters. The highest BCUT2D eigenvalue weighted by Crippen LogP contribution is 2.24. The van der Waals surface area contributed by atoms with E-state index in [0.717, 1.165) is 24.4 Å². The average molecular weight is 313 g/mol. The smallest absolute Gasteiger partial charge is 0.254 e. The number of aryl methyl sites for hydroxylation is 2. The molecule has 6 nitrogen and oxygen atoms in total. The first kappa shape index (κ1) is 14.7. The summed E-state index contributed by atoms with van der Waals surface area (Å²) >= 11 is 0. The quantitative estimate of drug-likeness (QED) is 0.758. The Balaban J connectivity index is 1.53. The van der Waals surface area contributed by atoms with Crippen molar-refractivity contribution in [3.63, 3.8) is 0 Å². The summed E-state index contributed by atoms with van der Waals surface area (Å²) in [6, 6.07) is 6.31. The third kappa shape index (κ3) is 2.63. The summed E-state index contributed by atoms with van der Waals surface area (Å²) in [7, 11) is 0. The second-order valence-corrected chi connectivity index (χ2v) is 6.57. The number of benzene rings is 1. The van der Waals surface area contributed by atoms with Crippen molar-refractivity contribution in [3.8, 4) is 0 Å². The zero-order valence-corrected chi connectivity index (χ0v) is 13.6. The number of hydrogen-bond donors (Lipinski definition) is 3. The summed E-state index contributed by atoms with van der Waals surface area (Å²) in [5.74, 6) is 0.00415. The van der Waals surface area contributed by atoms with Crippen molar-refractivity contribution in [1.82, 2.24) is 21.0 Å². The standard InChI is InChI=1S/C17H23N5O/c1-11-5-6-13(9-12(11)2)22-10-14-15(20-22)18-17(19-16(14)23)21-7-3-4-8-21/h5-6,9-10,15,17-18,20H,3-4,7-8H2,1-2H3,(H,19,23). The molecule has 6 heteroatoms. The molecule has 0 bridgehead atoms. The summed E-state index contributed by atoms with van der Waals surface area (Å²) in [5, 5.41) is 8.49. The van der Waals surface area contributed by atoms with Gasteiger partial charge in [-0.1, -0.05) is 6.07 Å². The third-order valence-electron chi connectivity index (χ3n) is 4.98. The maximum absolute atomic E-state index is 12.4. The minimum Gasteiger partial charge on any atom is -0.324 e. The van der Waals surface area contributed by atoms with Crippen molar-refractivity contribution in [2.75, 3.05) is 18.1 Å². The van der Waals surface area contributed by atoms with Crippen LogP contribution in [0.2, 0.25) is 0 Å². The molecule has 122 valence electrons. The van der Waals surface area contributed by atoms with Gasteiger partial charge in [-0.2, -0.15) is 0 Å². The first-order valence-electron chi connectivity index (χ1n) is 8.27. The fourth-order valence-electron chi connectivity index (χ4n) is 3.40. The lowest BCUT2D eigenvalue weighted by Gasteiger charge is -2.36. The molecule has 2 unspecified atom stereocenters. The van der Waals surface area contributed by atoms with Gasteiger partial charge in [0.15, 0.2) is 0 Å². The maximum atomic E-state index is 12.4. The van der Waals surface area contributed by atoms with Crippen LogP contribution in [0.15, 0.2) is 30.0 Å². The van der Waals surface area contributed by atoms with Crippen molar-refractivity contribution >= 4 is 11.6 Å². The predicted molar refractivity (Wildman–Crippen MR) is 89.3 cm³/mol. The average Bonchev–Trinajstić information content (AvgIpc) is 3.18. The molecule has 0 spiro atoms. The Bertz CT molecular complexity index is 665. The van der Waals surface area contributed by atoms with E-state index in [1.54, 1.807) is 0 Å². The molecule has 1 amide bonds. The number of anilines is 1. The molecule has 3 aliphatic heterocycles. The minimum atomic E-state index is -0.143. The first-order valence-corrected chi connectivity index (χ1v) is 8.27. The number of amides is 1. The van der Waals surface area contributed by atoms with Crippen LogP contribution in [0.4, 0.5) is 5.69 Å². The molecule has 1 aromatic rings. The predicted octanol–water partition coefficient (Wildman–Crippen LogP) is 0.937. The normalized spacial score (nSPS) is 27.8. The zero-order valence-electron chi connectivity index (χ0n) is 13.6. The van der Waals surface area contributed by atoms with Gasteiger partial charge in [0.05, 0.1) is 11.3 Å². The van der Waals surface area contributed by atoms with Crippen LogP contribution in [0.25, 0.3) is 0 Å². The van der Waals surface area contributed by atoms with Crippen LogP contribution < -0.4 is 21.1 Å². The molecule has 4 rings (SSSR count). The zero-order chi connectivity index (χ0) is 16.0. The van der Waals surface area contributed by atoms with Crippen molar-refractivity contribution in [3.05, 3.63) is 41.1 Å². The Morgan fingerprint density at radius 3 is 2.65 bits per heavy atom. The van der Waals surface area contributed by atoms with Crippen molar-refractivity contribution in [2.24, 2.45) is 0 Å². The van der Waals surface area contributed by atoms with E-state index in [-0.39, 0.29) is 18.4 Å². The fraction of sp³-hybridized carbons (Fsp3) is 0.471. The van der Waals surface area contributed by atoms with Crippen LogP contribution >= 0.6 is 0 Å². The Hall–Kier alpha value is -1.89. The van der Waals surface area contributed by atoms with Gasteiger partial charge in [-0.3, -0.25) is 20.0 Å². The highest BCUT2D eigenvalue weighted by atomic mass is 16.2. The van der Waals surface area contributed by atoms with E-state index in [1.807, 2.05) is 11.2 Å². The molecule has 2 saturated heterocycles. The van der Waals surface area contributed by atoms with E-state index >= 15 is 0 Å². The van der Waals surface area contributed by atoms with E-state index in [0.29, 0.717) is 0 Å². The number of hydrazine groups is 1. The fourth-order valence-corrected chi connectivity index (χ4v) is 3.40. The van der Waals surface area contributed by atoms with Crippen LogP contribution in [0.5, 0.6) is 0 Å². The molecule has 3 N–H and O–H groups in total. The van der Waals surface area contributed by atoms with Crippen molar-refractivity contribution in [1.29, 1.82) is 0 Å². The molecule has 1 aromatic carbocycles. The lowest BCUT2D eigenvalue weighted by Crippen LogP contribution is -2.66. The molecule has 2 fully saturated rings. The number of hydrogen-bond acceptors (Lipinski definition) is 5. The number of fused-ring (bicyclic) bond motifs is 1. The number of rotatable bonds is 2.